The van der Waals surface area contributed by atoms with Gasteiger partial charge in [0.25, 0.3) is 0 Å². The Hall–Kier alpha value is -0.610. The topological polar surface area (TPSA) is 38.5 Å². The summed E-state index contributed by atoms with van der Waals surface area (Å²) in [4.78, 5) is 2.41. The maximum atomic E-state index is 5.92. The summed E-state index contributed by atoms with van der Waals surface area (Å²) in [6, 6.07) is 8.22. The second kappa shape index (κ2) is 5.83. The first kappa shape index (κ1) is 12.8. The molecule has 2 atom stereocenters. The number of nitrogens with zero attached hydrogens (tertiary/aromatic N) is 1. The molecule has 0 saturated carbocycles. The molecular formula is C13H19ClN2O. The molecular weight excluding hydrogens is 236 g/mol. The van der Waals surface area contributed by atoms with E-state index in [9.17, 15) is 0 Å². The van der Waals surface area contributed by atoms with Gasteiger partial charge in [0.1, 0.15) is 0 Å². The molecule has 2 rings (SSSR count). The average molecular weight is 255 g/mol. The fraction of sp³-hybridized carbons (Fsp3) is 0.538. The van der Waals surface area contributed by atoms with E-state index in [1.165, 1.54) is 5.56 Å². The number of morpholine rings is 1. The lowest BCUT2D eigenvalue weighted by molar-refractivity contribution is -0.0658. The molecule has 2 unspecified atom stereocenters. The van der Waals surface area contributed by atoms with Gasteiger partial charge in [-0.25, -0.2) is 0 Å². The van der Waals surface area contributed by atoms with Crippen LogP contribution in [0.5, 0.6) is 0 Å². The number of rotatable bonds is 3. The highest BCUT2D eigenvalue weighted by Crippen LogP contribution is 2.29. The van der Waals surface area contributed by atoms with Crippen molar-refractivity contribution in [2.45, 2.75) is 19.1 Å². The number of hydrogen-bond acceptors (Lipinski definition) is 3. The van der Waals surface area contributed by atoms with Gasteiger partial charge in [0.05, 0.1) is 18.8 Å². The van der Waals surface area contributed by atoms with Crippen molar-refractivity contribution in [1.82, 2.24) is 4.90 Å². The van der Waals surface area contributed by atoms with Gasteiger partial charge in [-0.05, 0) is 24.2 Å². The normalized spacial score (nSPS) is 26.1. The van der Waals surface area contributed by atoms with Crippen LogP contribution in [0.4, 0.5) is 0 Å². The highest BCUT2D eigenvalue weighted by Gasteiger charge is 2.31. The van der Waals surface area contributed by atoms with Crippen molar-refractivity contribution >= 4 is 11.6 Å². The molecule has 94 valence electrons. The van der Waals surface area contributed by atoms with E-state index in [2.05, 4.69) is 24.0 Å². The van der Waals surface area contributed by atoms with Gasteiger partial charge in [0.2, 0.25) is 0 Å². The third-order valence-electron chi connectivity index (χ3n) is 3.31. The molecule has 0 aromatic heterocycles. The number of nitrogens with two attached hydrogens (primary N) is 1. The van der Waals surface area contributed by atoms with Gasteiger partial charge in [-0.15, -0.1) is 0 Å². The second-order valence-corrected chi connectivity index (χ2v) is 4.71. The zero-order valence-electron chi connectivity index (χ0n) is 10.1. The van der Waals surface area contributed by atoms with Crippen molar-refractivity contribution in [3.05, 3.63) is 34.9 Å². The third-order valence-corrected chi connectivity index (χ3v) is 3.56. The lowest BCUT2D eigenvalue weighted by Gasteiger charge is -2.40. The Labute approximate surface area is 107 Å². The van der Waals surface area contributed by atoms with Crippen LogP contribution in [-0.4, -0.2) is 37.2 Å². The van der Waals surface area contributed by atoms with E-state index in [4.69, 9.17) is 22.1 Å². The summed E-state index contributed by atoms with van der Waals surface area (Å²) in [7, 11) is 0. The second-order valence-electron chi connectivity index (χ2n) is 4.27. The van der Waals surface area contributed by atoms with Crippen LogP contribution in [0.3, 0.4) is 0 Å². The maximum absolute atomic E-state index is 5.92. The van der Waals surface area contributed by atoms with Crippen LogP contribution >= 0.6 is 11.6 Å². The van der Waals surface area contributed by atoms with Gasteiger partial charge in [0.15, 0.2) is 0 Å². The minimum atomic E-state index is 0.0740. The molecule has 0 aliphatic carbocycles. The predicted molar refractivity (Wildman–Crippen MR) is 70.2 cm³/mol. The van der Waals surface area contributed by atoms with Crippen molar-refractivity contribution in [1.29, 1.82) is 0 Å². The van der Waals surface area contributed by atoms with Crippen molar-refractivity contribution < 1.29 is 4.74 Å². The summed E-state index contributed by atoms with van der Waals surface area (Å²) in [5, 5.41) is 0.762. The van der Waals surface area contributed by atoms with Gasteiger partial charge >= 0.3 is 0 Å². The molecule has 1 saturated heterocycles. The minimum Gasteiger partial charge on any atom is -0.374 e. The molecule has 3 nitrogen and oxygen atoms in total. The van der Waals surface area contributed by atoms with Gasteiger partial charge in [-0.1, -0.05) is 30.7 Å². The van der Waals surface area contributed by atoms with Crippen LogP contribution in [-0.2, 0) is 4.74 Å². The molecule has 4 heteroatoms. The molecule has 1 aliphatic heterocycles. The summed E-state index contributed by atoms with van der Waals surface area (Å²) < 4.78 is 5.76. The third kappa shape index (κ3) is 2.80. The van der Waals surface area contributed by atoms with Gasteiger partial charge in [-0.2, -0.15) is 0 Å². The van der Waals surface area contributed by atoms with E-state index in [0.29, 0.717) is 6.54 Å². The smallest absolute Gasteiger partial charge is 0.0894 e. The Bertz CT molecular complexity index is 343. The van der Waals surface area contributed by atoms with Crippen LogP contribution in [0.15, 0.2) is 24.3 Å². The Morgan fingerprint density at radius 1 is 1.41 bits per heavy atom. The SMILES string of the molecule is CCN1CCOC(CN)C1c1ccc(Cl)cc1. The monoisotopic (exact) mass is 254 g/mol. The molecule has 0 bridgehead atoms. The molecule has 1 fully saturated rings. The van der Waals surface area contributed by atoms with Crippen molar-refractivity contribution in [2.75, 3.05) is 26.2 Å². The standard InChI is InChI=1S/C13H19ClN2O/c1-2-16-7-8-17-12(9-15)13(16)10-3-5-11(14)6-4-10/h3-6,12-13H,2,7-9,15H2,1H3. The Morgan fingerprint density at radius 2 is 2.12 bits per heavy atom. The predicted octanol–water partition coefficient (Wildman–Crippen LogP) is 2.06. The van der Waals surface area contributed by atoms with Crippen LogP contribution < -0.4 is 5.73 Å². The average Bonchev–Trinajstić information content (AvgIpc) is 2.38. The summed E-state index contributed by atoms with van der Waals surface area (Å²) in [5.74, 6) is 0. The maximum Gasteiger partial charge on any atom is 0.0894 e. The van der Waals surface area contributed by atoms with E-state index in [-0.39, 0.29) is 12.1 Å². The van der Waals surface area contributed by atoms with Gasteiger partial charge in [0, 0.05) is 18.1 Å². The number of ether oxygens (including phenoxy) is 1. The molecule has 1 heterocycles. The lowest BCUT2D eigenvalue weighted by Crippen LogP contribution is -2.48. The van der Waals surface area contributed by atoms with Crippen LogP contribution in [0.1, 0.15) is 18.5 Å². The molecule has 0 amide bonds. The fourth-order valence-corrected chi connectivity index (χ4v) is 2.55. The summed E-state index contributed by atoms with van der Waals surface area (Å²) in [6.07, 6.45) is 0.0740. The Kier molecular flexibility index (Phi) is 4.40. The van der Waals surface area contributed by atoms with E-state index in [1.807, 2.05) is 12.1 Å². The number of halogens is 1. The number of likely N-dealkylation sites (N-methyl/N-ethyl adjacent to an activating group) is 1. The molecule has 17 heavy (non-hydrogen) atoms. The first-order valence-corrected chi connectivity index (χ1v) is 6.45. The quantitative estimate of drug-likeness (QED) is 0.898. The van der Waals surface area contributed by atoms with E-state index < -0.39 is 0 Å². The Morgan fingerprint density at radius 3 is 2.71 bits per heavy atom. The summed E-state index contributed by atoms with van der Waals surface area (Å²) in [5.41, 5.74) is 7.03. The summed E-state index contributed by atoms with van der Waals surface area (Å²) >= 11 is 5.92. The number of hydrogen-bond donors (Lipinski definition) is 1. The molecule has 2 N–H and O–H groups in total. The Balaban J connectivity index is 2.26. The van der Waals surface area contributed by atoms with Crippen molar-refractivity contribution in [3.63, 3.8) is 0 Å². The molecule has 0 spiro atoms. The zero-order valence-corrected chi connectivity index (χ0v) is 10.9. The highest BCUT2D eigenvalue weighted by molar-refractivity contribution is 6.30. The van der Waals surface area contributed by atoms with Gasteiger partial charge < -0.3 is 10.5 Å². The summed E-state index contributed by atoms with van der Waals surface area (Å²) in [6.45, 7) is 5.44. The molecule has 1 aromatic carbocycles. The number of benzene rings is 1. The van der Waals surface area contributed by atoms with E-state index in [1.54, 1.807) is 0 Å². The lowest BCUT2D eigenvalue weighted by atomic mass is 9.98. The largest absolute Gasteiger partial charge is 0.374 e. The minimum absolute atomic E-state index is 0.0740. The molecule has 1 aliphatic rings. The van der Waals surface area contributed by atoms with Crippen molar-refractivity contribution in [3.8, 4) is 0 Å². The van der Waals surface area contributed by atoms with E-state index >= 15 is 0 Å². The first-order chi connectivity index (χ1) is 8.26. The fourth-order valence-electron chi connectivity index (χ4n) is 2.42. The van der Waals surface area contributed by atoms with Crippen LogP contribution in [0, 0.1) is 0 Å². The van der Waals surface area contributed by atoms with Gasteiger partial charge in [-0.3, -0.25) is 4.90 Å². The highest BCUT2D eigenvalue weighted by atomic mass is 35.5. The van der Waals surface area contributed by atoms with Crippen LogP contribution in [0.25, 0.3) is 0 Å². The molecule has 1 aromatic rings. The van der Waals surface area contributed by atoms with Crippen molar-refractivity contribution in [2.24, 2.45) is 5.73 Å². The van der Waals surface area contributed by atoms with E-state index in [0.717, 1.165) is 24.7 Å². The van der Waals surface area contributed by atoms with Crippen LogP contribution in [0.2, 0.25) is 5.02 Å². The first-order valence-electron chi connectivity index (χ1n) is 6.07. The molecule has 0 radical (unpaired) electrons. The zero-order chi connectivity index (χ0) is 12.3.